The van der Waals surface area contributed by atoms with Gasteiger partial charge in [-0.1, -0.05) is 54.7 Å². The molecule has 0 radical (unpaired) electrons. The van der Waals surface area contributed by atoms with Crippen LogP contribution in [0.15, 0.2) is 48.6 Å². The maximum atomic E-state index is 10.1. The average Bonchev–Trinajstić information content (AvgIpc) is 2.39. The summed E-state index contributed by atoms with van der Waals surface area (Å²) in [7, 11) is 0. The van der Waals surface area contributed by atoms with Gasteiger partial charge < -0.3 is 4.79 Å². The molecule has 0 spiro atoms. The lowest BCUT2D eigenvalue weighted by Gasteiger charge is -1.92. The Hall–Kier alpha value is -1.81. The Kier molecular flexibility index (Phi) is 13.7. The minimum absolute atomic E-state index is 0.694. The number of aldehydes is 1. The zero-order chi connectivity index (χ0) is 13.3. The molecule has 0 aliphatic rings. The van der Waals surface area contributed by atoms with Crippen molar-refractivity contribution in [2.75, 3.05) is 0 Å². The minimum Gasteiger partial charge on any atom is -0.303 e. The van der Waals surface area contributed by atoms with Crippen LogP contribution in [0.2, 0.25) is 0 Å². The third-order valence-corrected chi connectivity index (χ3v) is 2.19. The van der Waals surface area contributed by atoms with Crippen LogP contribution in [0, 0.1) is 11.8 Å². The van der Waals surface area contributed by atoms with Crippen LogP contribution in [0.4, 0.5) is 0 Å². The molecule has 0 aromatic heterocycles. The third kappa shape index (κ3) is 14.2. The van der Waals surface area contributed by atoms with Crippen molar-refractivity contribution in [3.8, 4) is 11.8 Å². The van der Waals surface area contributed by atoms with Gasteiger partial charge in [0.25, 0.3) is 0 Å². The number of carbonyl (C=O) groups is 1. The van der Waals surface area contributed by atoms with Gasteiger partial charge in [-0.2, -0.15) is 0 Å². The normalized spacial score (nSPS) is 11.6. The molecule has 0 saturated carbocycles. The lowest BCUT2D eigenvalue weighted by molar-refractivity contribution is -0.107. The van der Waals surface area contributed by atoms with Crippen LogP contribution >= 0.6 is 0 Å². The summed E-state index contributed by atoms with van der Waals surface area (Å²) in [5.41, 5.74) is 0. The van der Waals surface area contributed by atoms with Gasteiger partial charge in [0.15, 0.2) is 0 Å². The van der Waals surface area contributed by atoms with E-state index in [0.29, 0.717) is 6.42 Å². The lowest BCUT2D eigenvalue weighted by Crippen LogP contribution is -1.77. The first-order valence-electron chi connectivity index (χ1n) is 6.46. The van der Waals surface area contributed by atoms with E-state index >= 15 is 0 Å². The van der Waals surface area contributed by atoms with Crippen molar-refractivity contribution < 1.29 is 4.79 Å². The number of unbranched alkanes of at least 4 members (excludes halogenated alkanes) is 4. The molecule has 96 valence electrons. The van der Waals surface area contributed by atoms with E-state index in [1.165, 1.54) is 0 Å². The summed E-state index contributed by atoms with van der Waals surface area (Å²) in [5.74, 6) is 5.83. The lowest BCUT2D eigenvalue weighted by atomic mass is 10.1. The molecule has 18 heavy (non-hydrogen) atoms. The van der Waals surface area contributed by atoms with Crippen molar-refractivity contribution >= 4 is 6.29 Å². The summed E-state index contributed by atoms with van der Waals surface area (Å²) < 4.78 is 0. The molecule has 0 unspecified atom stereocenters. The summed E-state index contributed by atoms with van der Waals surface area (Å²) in [5, 5.41) is 0. The first-order chi connectivity index (χ1) is 8.91. The van der Waals surface area contributed by atoms with Crippen LogP contribution in [0.3, 0.4) is 0 Å². The average molecular weight is 242 g/mol. The first kappa shape index (κ1) is 16.2. The Balaban J connectivity index is 3.53. The molecule has 0 saturated heterocycles. The zero-order valence-corrected chi connectivity index (χ0v) is 11.1. The van der Waals surface area contributed by atoms with Gasteiger partial charge in [0.05, 0.1) is 0 Å². The highest BCUT2D eigenvalue weighted by Crippen LogP contribution is 2.02. The van der Waals surface area contributed by atoms with Gasteiger partial charge in [0, 0.05) is 6.42 Å². The van der Waals surface area contributed by atoms with Crippen LogP contribution in [0.1, 0.15) is 39.0 Å². The number of carbonyl (C=O) groups excluding carboxylic acids is 1. The van der Waals surface area contributed by atoms with E-state index in [1.54, 1.807) is 0 Å². The predicted octanol–water partition coefficient (Wildman–Crippen LogP) is 4.38. The number of rotatable bonds is 8. The van der Waals surface area contributed by atoms with E-state index in [-0.39, 0.29) is 0 Å². The monoisotopic (exact) mass is 242 g/mol. The van der Waals surface area contributed by atoms with Gasteiger partial charge in [-0.25, -0.2) is 0 Å². The second kappa shape index (κ2) is 15.2. The van der Waals surface area contributed by atoms with Crippen LogP contribution in [0.25, 0.3) is 0 Å². The van der Waals surface area contributed by atoms with Gasteiger partial charge in [-0.15, -0.1) is 0 Å². The van der Waals surface area contributed by atoms with Crippen molar-refractivity contribution in [3.05, 3.63) is 48.6 Å². The fourth-order valence-electron chi connectivity index (χ4n) is 1.26. The molecular formula is C17H22O. The van der Waals surface area contributed by atoms with Crippen LogP contribution < -0.4 is 0 Å². The minimum atomic E-state index is 0.694. The Morgan fingerprint density at radius 2 is 1.50 bits per heavy atom. The van der Waals surface area contributed by atoms with Crippen LogP contribution in [0.5, 0.6) is 0 Å². The summed E-state index contributed by atoms with van der Waals surface area (Å²) in [6.07, 6.45) is 21.6. The van der Waals surface area contributed by atoms with Crippen LogP contribution in [-0.2, 0) is 4.79 Å². The summed E-state index contributed by atoms with van der Waals surface area (Å²) in [6, 6.07) is 0. The van der Waals surface area contributed by atoms with Crippen molar-refractivity contribution in [3.63, 3.8) is 0 Å². The number of hydrogen-bond donors (Lipinski definition) is 0. The third-order valence-electron chi connectivity index (χ3n) is 2.19. The van der Waals surface area contributed by atoms with Crippen molar-refractivity contribution in [2.45, 2.75) is 39.0 Å². The molecule has 0 amide bonds. The highest BCUT2D eigenvalue weighted by molar-refractivity contribution is 5.48. The van der Waals surface area contributed by atoms with Gasteiger partial charge in [-0.3, -0.25) is 0 Å². The number of hydrogen-bond acceptors (Lipinski definition) is 1. The second-order valence-corrected chi connectivity index (χ2v) is 3.77. The molecule has 0 heterocycles. The largest absolute Gasteiger partial charge is 0.303 e. The highest BCUT2D eigenvalue weighted by atomic mass is 16.1. The maximum absolute atomic E-state index is 10.1. The Labute approximate surface area is 111 Å². The van der Waals surface area contributed by atoms with Crippen molar-refractivity contribution in [1.29, 1.82) is 0 Å². The van der Waals surface area contributed by atoms with Crippen molar-refractivity contribution in [2.24, 2.45) is 0 Å². The molecule has 1 heteroatoms. The maximum Gasteiger partial charge on any atom is 0.119 e. The predicted molar refractivity (Wildman–Crippen MR) is 79.2 cm³/mol. The van der Waals surface area contributed by atoms with Gasteiger partial charge in [0.1, 0.15) is 6.29 Å². The van der Waals surface area contributed by atoms with Crippen molar-refractivity contribution in [1.82, 2.24) is 0 Å². The molecule has 0 aromatic carbocycles. The fourth-order valence-corrected chi connectivity index (χ4v) is 1.26. The van der Waals surface area contributed by atoms with E-state index in [2.05, 4.69) is 17.9 Å². The topological polar surface area (TPSA) is 17.1 Å². The molecule has 0 aliphatic carbocycles. The molecule has 0 bridgehead atoms. The smallest absolute Gasteiger partial charge is 0.119 e. The summed E-state index contributed by atoms with van der Waals surface area (Å²) in [4.78, 5) is 10.1. The number of allylic oxidation sites excluding steroid dienone is 8. The van der Waals surface area contributed by atoms with Gasteiger partial charge >= 0.3 is 0 Å². The van der Waals surface area contributed by atoms with E-state index in [9.17, 15) is 4.79 Å². The standard InChI is InChI=1S/C17H22O/c1-2-3-4-5-6-7-8-9-10-11-12-13-14-15-16-17-18/h2-5,8-11,17H,12-16H2,1H3. The molecule has 1 nitrogen and oxygen atoms in total. The quantitative estimate of drug-likeness (QED) is 0.267. The molecule has 0 aromatic rings. The van der Waals surface area contributed by atoms with Gasteiger partial charge in [0.2, 0.25) is 0 Å². The Morgan fingerprint density at radius 1 is 0.833 bits per heavy atom. The molecule has 0 N–H and O–H groups in total. The summed E-state index contributed by atoms with van der Waals surface area (Å²) >= 11 is 0. The first-order valence-corrected chi connectivity index (χ1v) is 6.46. The van der Waals surface area contributed by atoms with E-state index in [4.69, 9.17) is 0 Å². The molecule has 0 rings (SSSR count). The zero-order valence-electron chi connectivity index (χ0n) is 11.1. The Morgan fingerprint density at radius 3 is 2.17 bits per heavy atom. The van der Waals surface area contributed by atoms with E-state index < -0.39 is 0 Å². The molecular weight excluding hydrogens is 220 g/mol. The molecule has 0 aliphatic heterocycles. The van der Waals surface area contributed by atoms with E-state index in [1.807, 2.05) is 49.5 Å². The Bertz CT molecular complexity index is 359. The SMILES string of the molecule is CC=CC=CC#CC=CC=CCCCCCC=O. The fraction of sp³-hybridized carbons (Fsp3) is 0.353. The van der Waals surface area contributed by atoms with Crippen LogP contribution in [-0.4, -0.2) is 6.29 Å². The second-order valence-electron chi connectivity index (χ2n) is 3.77. The molecule has 0 fully saturated rings. The highest BCUT2D eigenvalue weighted by Gasteiger charge is 1.85. The van der Waals surface area contributed by atoms with E-state index in [0.717, 1.165) is 32.0 Å². The molecule has 0 atom stereocenters. The van der Waals surface area contributed by atoms with Gasteiger partial charge in [-0.05, 0) is 38.3 Å². The summed E-state index contributed by atoms with van der Waals surface area (Å²) in [6.45, 7) is 1.97.